The standard InChI is InChI=1S/C26H33N3O5S/c1-5-25(30)28-21-15-18(2)29(19(3)16-21)35(32,33)22-11-12-23(24(17-22)34-4)26(31)27-14-13-20-9-7-6-8-10-20/h5-12,17-19,21H,1,13-16H2,2-4H3,(H,27,31)(H,28,30). The van der Waals surface area contributed by atoms with Crippen LogP contribution in [0.3, 0.4) is 0 Å². The Morgan fingerprint density at radius 3 is 2.37 bits per heavy atom. The molecule has 9 heteroatoms. The summed E-state index contributed by atoms with van der Waals surface area (Å²) in [7, 11) is -2.45. The second-order valence-corrected chi connectivity index (χ2v) is 10.6. The van der Waals surface area contributed by atoms with Crippen LogP contribution in [0.15, 0.2) is 66.1 Å². The third-order valence-corrected chi connectivity index (χ3v) is 8.31. The molecule has 1 saturated heterocycles. The first-order chi connectivity index (χ1) is 16.7. The summed E-state index contributed by atoms with van der Waals surface area (Å²) in [5, 5.41) is 5.73. The van der Waals surface area contributed by atoms with E-state index in [9.17, 15) is 18.0 Å². The Balaban J connectivity index is 1.74. The summed E-state index contributed by atoms with van der Waals surface area (Å²) in [5.74, 6) is -0.410. The van der Waals surface area contributed by atoms with Crippen LogP contribution in [0.1, 0.15) is 42.6 Å². The highest BCUT2D eigenvalue weighted by molar-refractivity contribution is 7.89. The molecule has 0 saturated carbocycles. The van der Waals surface area contributed by atoms with Gasteiger partial charge in [0.05, 0.1) is 17.6 Å². The van der Waals surface area contributed by atoms with Crippen LogP contribution in [0.2, 0.25) is 0 Å². The fourth-order valence-corrected chi connectivity index (χ4v) is 6.47. The third kappa shape index (κ3) is 6.29. The van der Waals surface area contributed by atoms with Gasteiger partial charge in [0.1, 0.15) is 5.75 Å². The van der Waals surface area contributed by atoms with Gasteiger partial charge in [-0.15, -0.1) is 0 Å². The van der Waals surface area contributed by atoms with E-state index in [1.54, 1.807) is 0 Å². The second kappa shape index (κ2) is 11.5. The molecule has 2 N–H and O–H groups in total. The maximum atomic E-state index is 13.5. The van der Waals surface area contributed by atoms with E-state index in [1.165, 1.54) is 35.7 Å². The first kappa shape index (κ1) is 26.4. The molecule has 0 bridgehead atoms. The van der Waals surface area contributed by atoms with Crippen LogP contribution in [0.5, 0.6) is 5.75 Å². The minimum Gasteiger partial charge on any atom is -0.496 e. The van der Waals surface area contributed by atoms with E-state index in [0.717, 1.165) is 5.56 Å². The van der Waals surface area contributed by atoms with Crippen molar-refractivity contribution in [2.45, 2.75) is 56.1 Å². The lowest BCUT2D eigenvalue weighted by atomic mass is 9.95. The molecule has 3 rings (SSSR count). The number of benzene rings is 2. The molecular weight excluding hydrogens is 466 g/mol. The maximum Gasteiger partial charge on any atom is 0.255 e. The summed E-state index contributed by atoms with van der Waals surface area (Å²) in [5.41, 5.74) is 1.38. The fourth-order valence-electron chi connectivity index (χ4n) is 4.62. The molecule has 0 radical (unpaired) electrons. The predicted molar refractivity (Wildman–Crippen MR) is 135 cm³/mol. The van der Waals surface area contributed by atoms with Gasteiger partial charge in [0.2, 0.25) is 15.9 Å². The lowest BCUT2D eigenvalue weighted by molar-refractivity contribution is -0.117. The highest BCUT2D eigenvalue weighted by Gasteiger charge is 2.39. The largest absolute Gasteiger partial charge is 0.496 e. The number of hydrogen-bond donors (Lipinski definition) is 2. The molecule has 2 atom stereocenters. The van der Waals surface area contributed by atoms with E-state index >= 15 is 0 Å². The minimum atomic E-state index is -3.86. The van der Waals surface area contributed by atoms with Crippen molar-refractivity contribution >= 4 is 21.8 Å². The number of rotatable bonds is 9. The molecule has 1 aliphatic rings. The molecule has 2 aromatic rings. The normalized spacial score (nSPS) is 20.6. The van der Waals surface area contributed by atoms with E-state index in [4.69, 9.17) is 4.74 Å². The number of amides is 2. The third-order valence-electron chi connectivity index (χ3n) is 6.19. The smallest absolute Gasteiger partial charge is 0.255 e. The van der Waals surface area contributed by atoms with E-state index in [-0.39, 0.29) is 46.1 Å². The first-order valence-electron chi connectivity index (χ1n) is 11.6. The highest BCUT2D eigenvalue weighted by atomic mass is 32.2. The lowest BCUT2D eigenvalue weighted by Crippen LogP contribution is -2.54. The van der Waals surface area contributed by atoms with Gasteiger partial charge in [-0.3, -0.25) is 9.59 Å². The Hall–Kier alpha value is -3.17. The molecule has 0 spiro atoms. The average molecular weight is 500 g/mol. The summed E-state index contributed by atoms with van der Waals surface area (Å²) >= 11 is 0. The number of carbonyl (C=O) groups is 2. The van der Waals surface area contributed by atoms with Crippen molar-refractivity contribution in [3.8, 4) is 5.75 Å². The lowest BCUT2D eigenvalue weighted by Gasteiger charge is -2.41. The molecule has 1 heterocycles. The second-order valence-electron chi connectivity index (χ2n) is 8.77. The number of nitrogens with one attached hydrogen (secondary N) is 2. The Bertz CT molecular complexity index is 1150. The molecule has 8 nitrogen and oxygen atoms in total. The van der Waals surface area contributed by atoms with Crippen LogP contribution in [0.4, 0.5) is 0 Å². The van der Waals surface area contributed by atoms with E-state index in [0.29, 0.717) is 25.8 Å². The predicted octanol–water partition coefficient (Wildman–Crippen LogP) is 2.90. The zero-order valence-electron chi connectivity index (χ0n) is 20.4. The molecule has 2 aromatic carbocycles. The van der Waals surface area contributed by atoms with Crippen LogP contribution in [0.25, 0.3) is 0 Å². The molecule has 35 heavy (non-hydrogen) atoms. The summed E-state index contributed by atoms with van der Waals surface area (Å²) in [4.78, 5) is 24.5. The number of nitrogens with zero attached hydrogens (tertiary/aromatic N) is 1. The van der Waals surface area contributed by atoms with Gasteiger partial charge in [0.25, 0.3) is 5.91 Å². The van der Waals surface area contributed by atoms with Gasteiger partial charge in [0, 0.05) is 30.7 Å². The van der Waals surface area contributed by atoms with Crippen molar-refractivity contribution in [2.24, 2.45) is 0 Å². The number of ether oxygens (including phenoxy) is 1. The van der Waals surface area contributed by atoms with Gasteiger partial charge in [-0.25, -0.2) is 8.42 Å². The van der Waals surface area contributed by atoms with Crippen molar-refractivity contribution in [3.63, 3.8) is 0 Å². The number of hydrogen-bond acceptors (Lipinski definition) is 5. The molecule has 1 fully saturated rings. The molecule has 0 aliphatic carbocycles. The summed E-state index contributed by atoms with van der Waals surface area (Å²) in [6, 6.07) is 13.3. The van der Waals surface area contributed by atoms with Gasteiger partial charge in [-0.2, -0.15) is 4.31 Å². The zero-order valence-corrected chi connectivity index (χ0v) is 21.2. The van der Waals surface area contributed by atoms with Gasteiger partial charge >= 0.3 is 0 Å². The maximum absolute atomic E-state index is 13.5. The van der Waals surface area contributed by atoms with Gasteiger partial charge in [-0.05, 0) is 56.9 Å². The molecule has 2 amide bonds. The topological polar surface area (TPSA) is 105 Å². The highest BCUT2D eigenvalue weighted by Crippen LogP contribution is 2.32. The number of carbonyl (C=O) groups excluding carboxylic acids is 2. The van der Waals surface area contributed by atoms with Crippen LogP contribution in [-0.2, 0) is 21.2 Å². The van der Waals surface area contributed by atoms with Crippen molar-refractivity contribution in [1.29, 1.82) is 0 Å². The van der Waals surface area contributed by atoms with Crippen molar-refractivity contribution in [1.82, 2.24) is 14.9 Å². The Kier molecular flexibility index (Phi) is 8.69. The van der Waals surface area contributed by atoms with E-state index in [1.807, 2.05) is 44.2 Å². The van der Waals surface area contributed by atoms with Gasteiger partial charge < -0.3 is 15.4 Å². The fraction of sp³-hybridized carbons (Fsp3) is 0.385. The van der Waals surface area contributed by atoms with Crippen LogP contribution in [0, 0.1) is 0 Å². The SMILES string of the molecule is C=CC(=O)NC1CC(C)N(S(=O)(=O)c2ccc(C(=O)NCCc3ccccc3)c(OC)c2)C(C)C1. The average Bonchev–Trinajstić information content (AvgIpc) is 2.83. The quantitative estimate of drug-likeness (QED) is 0.516. The molecule has 0 aromatic heterocycles. The number of piperidine rings is 1. The van der Waals surface area contributed by atoms with Gasteiger partial charge in [0.15, 0.2) is 0 Å². The zero-order chi connectivity index (χ0) is 25.6. The van der Waals surface area contributed by atoms with Crippen LogP contribution in [-0.4, -0.2) is 56.3 Å². The first-order valence-corrected chi connectivity index (χ1v) is 13.1. The Morgan fingerprint density at radius 2 is 1.77 bits per heavy atom. The molecular formula is C26H33N3O5S. The van der Waals surface area contributed by atoms with Crippen molar-refractivity contribution < 1.29 is 22.7 Å². The van der Waals surface area contributed by atoms with Crippen LogP contribution >= 0.6 is 0 Å². The number of methoxy groups -OCH3 is 1. The van der Waals surface area contributed by atoms with Gasteiger partial charge in [-0.1, -0.05) is 36.9 Å². The molecule has 1 aliphatic heterocycles. The minimum absolute atomic E-state index is 0.0578. The molecule has 188 valence electrons. The summed E-state index contributed by atoms with van der Waals surface area (Å²) in [6.45, 7) is 7.56. The number of sulfonamides is 1. The van der Waals surface area contributed by atoms with Crippen molar-refractivity contribution in [2.75, 3.05) is 13.7 Å². The van der Waals surface area contributed by atoms with E-state index in [2.05, 4.69) is 17.2 Å². The Labute approximate surface area is 207 Å². The Morgan fingerprint density at radius 1 is 1.11 bits per heavy atom. The van der Waals surface area contributed by atoms with Crippen LogP contribution < -0.4 is 15.4 Å². The molecule has 2 unspecified atom stereocenters. The van der Waals surface area contributed by atoms with Crippen molar-refractivity contribution in [3.05, 3.63) is 72.3 Å². The summed E-state index contributed by atoms with van der Waals surface area (Å²) in [6.07, 6.45) is 2.87. The van der Waals surface area contributed by atoms with E-state index < -0.39 is 10.0 Å². The monoisotopic (exact) mass is 499 g/mol. The summed E-state index contributed by atoms with van der Waals surface area (Å²) < 4.78 is 33.9.